The molecule has 9 heteroatoms. The lowest BCUT2D eigenvalue weighted by Gasteiger charge is -2.12. The number of rotatable bonds is 5. The number of carbonyl (C=O) groups is 2. The predicted octanol–water partition coefficient (Wildman–Crippen LogP) is 2.48. The van der Waals surface area contributed by atoms with Gasteiger partial charge >= 0.3 is 0 Å². The van der Waals surface area contributed by atoms with Crippen molar-refractivity contribution in [2.24, 2.45) is 0 Å². The van der Waals surface area contributed by atoms with E-state index < -0.39 is 11.8 Å². The maximum Gasteiger partial charge on any atom is 0.276 e. The maximum absolute atomic E-state index is 12.1. The topological polar surface area (TPSA) is 88.7 Å². The molecule has 2 amide bonds. The fraction of sp³-hybridized carbons (Fsp3) is 0.167. The molecule has 0 fully saturated rings. The van der Waals surface area contributed by atoms with Crippen LogP contribution in [0, 0.1) is 6.92 Å². The molecule has 0 aliphatic heterocycles. The van der Waals surface area contributed by atoms with Gasteiger partial charge in [0.15, 0.2) is 11.7 Å². The van der Waals surface area contributed by atoms with Crippen molar-refractivity contribution in [1.82, 2.24) is 16.2 Å². The van der Waals surface area contributed by atoms with Gasteiger partial charge in [-0.2, -0.15) is 0 Å². The molecule has 0 atom stereocenters. The van der Waals surface area contributed by atoms with Gasteiger partial charge in [0, 0.05) is 10.0 Å². The Kier molecular flexibility index (Phi) is 7.56. The van der Waals surface area contributed by atoms with Crippen molar-refractivity contribution in [3.63, 3.8) is 0 Å². The third kappa shape index (κ3) is 6.54. The fourth-order valence-corrected chi connectivity index (χ4v) is 2.65. The number of carbonyl (C=O) groups excluding carboxylic acids is 2. The van der Waals surface area contributed by atoms with E-state index in [0.717, 1.165) is 10.0 Å². The minimum Gasteiger partial charge on any atom is -0.497 e. The molecule has 2 aromatic rings. The molecule has 2 aromatic carbocycles. The number of nitrogens with one attached hydrogen (secondary N) is 3. The Balaban J connectivity index is 1.75. The summed E-state index contributed by atoms with van der Waals surface area (Å²) in [6.07, 6.45) is 0. The second-order valence-corrected chi connectivity index (χ2v) is 6.71. The number of methoxy groups -OCH3 is 1. The third-order valence-corrected chi connectivity index (χ3v) is 4.09. The highest BCUT2D eigenvalue weighted by atomic mass is 79.9. The van der Waals surface area contributed by atoms with E-state index in [0.29, 0.717) is 17.1 Å². The average Bonchev–Trinajstić information content (AvgIpc) is 2.65. The van der Waals surface area contributed by atoms with Crippen LogP contribution in [0.3, 0.4) is 0 Å². The lowest BCUT2D eigenvalue weighted by molar-refractivity contribution is -0.123. The molecule has 2 rings (SSSR count). The van der Waals surface area contributed by atoms with Crippen LogP contribution in [0.4, 0.5) is 0 Å². The molecule has 0 aliphatic rings. The Morgan fingerprint density at radius 3 is 2.44 bits per heavy atom. The normalized spacial score (nSPS) is 9.89. The van der Waals surface area contributed by atoms with Gasteiger partial charge in [0.1, 0.15) is 11.5 Å². The minimum absolute atomic E-state index is 0.0380. The first-order valence-corrected chi connectivity index (χ1v) is 9.02. The summed E-state index contributed by atoms with van der Waals surface area (Å²) >= 11 is 8.34. The summed E-state index contributed by atoms with van der Waals surface area (Å²) < 4.78 is 11.4. The standard InChI is InChI=1S/C18H18BrN3O4S/c1-11-9-13(19)5-8-15(11)26-10-16(23)21-22-18(27)20-17(24)12-3-6-14(25-2)7-4-12/h3-9H,10H2,1-2H3,(H,21,23)(H2,20,22,24,27). The molecule has 0 aliphatic carbocycles. The van der Waals surface area contributed by atoms with Crippen LogP contribution < -0.4 is 25.6 Å². The summed E-state index contributed by atoms with van der Waals surface area (Å²) in [7, 11) is 1.54. The molecular formula is C18H18BrN3O4S. The van der Waals surface area contributed by atoms with Crippen molar-refractivity contribution in [3.05, 3.63) is 58.1 Å². The number of hydrogen-bond donors (Lipinski definition) is 3. The Bertz CT molecular complexity index is 843. The summed E-state index contributed by atoms with van der Waals surface area (Å²) in [6.45, 7) is 1.67. The van der Waals surface area contributed by atoms with E-state index in [9.17, 15) is 9.59 Å². The summed E-state index contributed by atoms with van der Waals surface area (Å²) in [5.74, 6) is 0.383. The van der Waals surface area contributed by atoms with Gasteiger partial charge < -0.3 is 9.47 Å². The number of ether oxygens (including phenoxy) is 2. The lowest BCUT2D eigenvalue weighted by atomic mass is 10.2. The molecule has 0 radical (unpaired) electrons. The van der Waals surface area contributed by atoms with Crippen LogP contribution in [0.15, 0.2) is 46.9 Å². The molecule has 0 aromatic heterocycles. The SMILES string of the molecule is COc1ccc(C(=O)NC(=S)NNC(=O)COc2ccc(Br)cc2C)cc1. The van der Waals surface area contributed by atoms with Crippen LogP contribution in [-0.2, 0) is 4.79 Å². The second-order valence-electron chi connectivity index (χ2n) is 5.38. The molecule has 0 bridgehead atoms. The third-order valence-electron chi connectivity index (χ3n) is 3.39. The highest BCUT2D eigenvalue weighted by molar-refractivity contribution is 9.10. The van der Waals surface area contributed by atoms with Crippen LogP contribution in [0.1, 0.15) is 15.9 Å². The number of amides is 2. The molecular weight excluding hydrogens is 434 g/mol. The number of benzene rings is 2. The minimum atomic E-state index is -0.446. The Morgan fingerprint density at radius 1 is 1.11 bits per heavy atom. The van der Waals surface area contributed by atoms with Crippen molar-refractivity contribution < 1.29 is 19.1 Å². The summed E-state index contributed by atoms with van der Waals surface area (Å²) in [5, 5.41) is 2.42. The Labute approximate surface area is 170 Å². The molecule has 0 saturated carbocycles. The molecule has 142 valence electrons. The van der Waals surface area contributed by atoms with Crippen molar-refractivity contribution in [1.29, 1.82) is 0 Å². The van der Waals surface area contributed by atoms with E-state index in [1.165, 1.54) is 0 Å². The van der Waals surface area contributed by atoms with Gasteiger partial charge in [-0.25, -0.2) is 0 Å². The molecule has 3 N–H and O–H groups in total. The smallest absolute Gasteiger partial charge is 0.276 e. The van der Waals surface area contributed by atoms with Gasteiger partial charge in [0.2, 0.25) is 0 Å². The van der Waals surface area contributed by atoms with Crippen LogP contribution >= 0.6 is 28.1 Å². The molecule has 0 unspecified atom stereocenters. The van der Waals surface area contributed by atoms with E-state index >= 15 is 0 Å². The van der Waals surface area contributed by atoms with Crippen LogP contribution in [0.2, 0.25) is 0 Å². The van der Waals surface area contributed by atoms with Crippen LogP contribution in [0.25, 0.3) is 0 Å². The Morgan fingerprint density at radius 2 is 1.81 bits per heavy atom. The van der Waals surface area contributed by atoms with Crippen molar-refractivity contribution in [2.45, 2.75) is 6.92 Å². The summed E-state index contributed by atoms with van der Waals surface area (Å²) in [4.78, 5) is 23.9. The zero-order valence-corrected chi connectivity index (χ0v) is 17.1. The number of hydrogen-bond acceptors (Lipinski definition) is 5. The molecule has 0 spiro atoms. The van der Waals surface area contributed by atoms with Gasteiger partial charge in [0.25, 0.3) is 11.8 Å². The second kappa shape index (κ2) is 9.89. The number of hydrazine groups is 1. The predicted molar refractivity (Wildman–Crippen MR) is 109 cm³/mol. The highest BCUT2D eigenvalue weighted by Crippen LogP contribution is 2.21. The summed E-state index contributed by atoms with van der Waals surface area (Å²) in [6, 6.07) is 12.0. The van der Waals surface area contributed by atoms with Gasteiger partial charge in [-0.3, -0.25) is 25.8 Å². The largest absolute Gasteiger partial charge is 0.497 e. The van der Waals surface area contributed by atoms with Gasteiger partial charge in [0.05, 0.1) is 7.11 Å². The number of aryl methyl sites for hydroxylation is 1. The first kappa shape index (κ1) is 20.7. The zero-order chi connectivity index (χ0) is 19.8. The first-order valence-electron chi connectivity index (χ1n) is 7.82. The van der Waals surface area contributed by atoms with Crippen molar-refractivity contribution in [2.75, 3.05) is 13.7 Å². The highest BCUT2D eigenvalue weighted by Gasteiger charge is 2.09. The first-order chi connectivity index (χ1) is 12.9. The maximum atomic E-state index is 12.1. The number of thiocarbonyl (C=S) groups is 1. The lowest BCUT2D eigenvalue weighted by Crippen LogP contribution is -2.49. The fourth-order valence-electron chi connectivity index (χ4n) is 2.03. The zero-order valence-electron chi connectivity index (χ0n) is 14.7. The summed E-state index contributed by atoms with van der Waals surface area (Å²) in [5.41, 5.74) is 6.11. The van der Waals surface area contributed by atoms with E-state index in [4.69, 9.17) is 21.7 Å². The van der Waals surface area contributed by atoms with Gasteiger partial charge in [-0.05, 0) is 67.2 Å². The quantitative estimate of drug-likeness (QED) is 0.477. The number of halogens is 1. The Hall–Kier alpha value is -2.65. The van der Waals surface area contributed by atoms with Crippen molar-refractivity contribution in [3.8, 4) is 11.5 Å². The monoisotopic (exact) mass is 451 g/mol. The molecule has 27 heavy (non-hydrogen) atoms. The molecule has 7 nitrogen and oxygen atoms in total. The molecule has 0 saturated heterocycles. The van der Waals surface area contributed by atoms with Crippen LogP contribution in [0.5, 0.6) is 11.5 Å². The van der Waals surface area contributed by atoms with Gasteiger partial charge in [-0.1, -0.05) is 15.9 Å². The van der Waals surface area contributed by atoms with Crippen molar-refractivity contribution >= 4 is 45.1 Å². The van der Waals surface area contributed by atoms with E-state index in [1.54, 1.807) is 37.4 Å². The average molecular weight is 452 g/mol. The van der Waals surface area contributed by atoms with E-state index in [-0.39, 0.29) is 11.7 Å². The molecule has 0 heterocycles. The van der Waals surface area contributed by atoms with Gasteiger partial charge in [-0.15, -0.1) is 0 Å². The van der Waals surface area contributed by atoms with E-state index in [1.807, 2.05) is 19.1 Å². The van der Waals surface area contributed by atoms with Crippen LogP contribution in [-0.4, -0.2) is 30.6 Å². The van der Waals surface area contributed by atoms with E-state index in [2.05, 4.69) is 32.1 Å².